The van der Waals surface area contributed by atoms with Gasteiger partial charge in [-0.25, -0.2) is 4.68 Å². The highest BCUT2D eigenvalue weighted by molar-refractivity contribution is 6.30. The molecule has 220 valence electrons. The molecule has 2 aliphatic heterocycles. The zero-order chi connectivity index (χ0) is 30.1. The van der Waals surface area contributed by atoms with Crippen molar-refractivity contribution in [3.05, 3.63) is 77.5 Å². The van der Waals surface area contributed by atoms with Gasteiger partial charge in [0.15, 0.2) is 0 Å². The van der Waals surface area contributed by atoms with Crippen LogP contribution in [0.3, 0.4) is 0 Å². The second-order valence-corrected chi connectivity index (χ2v) is 11.2. The molecule has 2 N–H and O–H groups in total. The van der Waals surface area contributed by atoms with E-state index < -0.39 is 5.97 Å². The highest BCUT2D eigenvalue weighted by Crippen LogP contribution is 2.37. The summed E-state index contributed by atoms with van der Waals surface area (Å²) in [4.78, 5) is 44.6. The number of hydrogen-bond donors (Lipinski definition) is 2. The third-order valence-electron chi connectivity index (χ3n) is 7.83. The van der Waals surface area contributed by atoms with Crippen molar-refractivity contribution < 1.29 is 19.5 Å². The predicted octanol–water partition coefficient (Wildman–Crippen LogP) is 4.38. The second-order valence-electron chi connectivity index (χ2n) is 10.7. The topological polar surface area (TPSA) is 148 Å². The minimum Gasteiger partial charge on any atom is -0.480 e. The van der Waals surface area contributed by atoms with Crippen molar-refractivity contribution in [2.45, 2.75) is 45.2 Å². The van der Waals surface area contributed by atoms with Crippen LogP contribution in [0.15, 0.2) is 61.2 Å². The molecule has 2 unspecified atom stereocenters. The van der Waals surface area contributed by atoms with Gasteiger partial charge in [-0.3, -0.25) is 24.0 Å². The number of carboxylic acid groups (broad SMARTS) is 1. The van der Waals surface area contributed by atoms with Crippen LogP contribution >= 0.6 is 11.6 Å². The number of nitrogens with zero attached hydrogens (tertiary/aromatic N) is 7. The first-order valence-electron chi connectivity index (χ1n) is 14.0. The number of aliphatic carboxylic acids is 1. The minimum atomic E-state index is -1.05. The average Bonchev–Trinajstić information content (AvgIpc) is 3.65. The number of amides is 2. The first-order chi connectivity index (χ1) is 20.8. The highest BCUT2D eigenvalue weighted by atomic mass is 35.5. The molecule has 2 amide bonds. The Kier molecular flexibility index (Phi) is 7.76. The SMILES string of the molecule is CC1CCCC(N2CCC(c3cc(Cl)ccc3-n3ccnn3)=CC2=O)c2cc(ccn2)-c2nn(CC(=O)O)cc2NC1=O. The summed E-state index contributed by atoms with van der Waals surface area (Å²) >= 11 is 6.35. The maximum atomic E-state index is 13.8. The number of halogens is 1. The number of nitrogens with one attached hydrogen (secondary N) is 1. The molecule has 4 aromatic rings. The quantitative estimate of drug-likeness (QED) is 0.343. The summed E-state index contributed by atoms with van der Waals surface area (Å²) in [6.45, 7) is 1.97. The molecule has 2 bridgehead atoms. The third kappa shape index (κ3) is 5.91. The molecule has 0 aliphatic carbocycles. The van der Waals surface area contributed by atoms with Crippen LogP contribution in [-0.4, -0.2) is 64.1 Å². The van der Waals surface area contributed by atoms with Gasteiger partial charge in [0.25, 0.3) is 0 Å². The molecule has 0 spiro atoms. The molecular formula is C30H29ClN8O4. The number of anilines is 1. The molecule has 2 aliphatic rings. The van der Waals surface area contributed by atoms with E-state index in [1.54, 1.807) is 41.5 Å². The number of pyridine rings is 1. The smallest absolute Gasteiger partial charge is 0.325 e. The minimum absolute atomic E-state index is 0.146. The van der Waals surface area contributed by atoms with E-state index in [2.05, 4.69) is 25.7 Å². The van der Waals surface area contributed by atoms with Crippen LogP contribution in [0.25, 0.3) is 22.5 Å². The van der Waals surface area contributed by atoms with Gasteiger partial charge in [-0.05, 0) is 55.2 Å². The van der Waals surface area contributed by atoms with E-state index in [-0.39, 0.29) is 30.3 Å². The standard InChI is InChI=1S/C30H29ClN8O4/c1-18-3-2-4-26(23-13-20(7-9-32-23)29-24(34-30(18)43)16-37(35-29)17-28(41)42)38-11-8-19(14-27(38)40)22-15-21(31)5-6-25(22)39-12-10-33-36-39/h5-7,9-10,12-16,18,26H,2-4,8,11,17H2,1H3,(H,34,43)(H,41,42). The molecule has 0 fully saturated rings. The van der Waals surface area contributed by atoms with E-state index in [0.29, 0.717) is 59.9 Å². The van der Waals surface area contributed by atoms with Gasteiger partial charge in [0.1, 0.15) is 12.2 Å². The van der Waals surface area contributed by atoms with Gasteiger partial charge in [-0.15, -0.1) is 5.10 Å². The molecule has 2 atom stereocenters. The highest BCUT2D eigenvalue weighted by Gasteiger charge is 2.31. The zero-order valence-electron chi connectivity index (χ0n) is 23.4. The molecule has 43 heavy (non-hydrogen) atoms. The Labute approximate surface area is 252 Å². The number of aromatic nitrogens is 6. The van der Waals surface area contributed by atoms with E-state index in [0.717, 1.165) is 16.8 Å². The fourth-order valence-corrected chi connectivity index (χ4v) is 5.84. The maximum Gasteiger partial charge on any atom is 0.325 e. The summed E-state index contributed by atoms with van der Waals surface area (Å²) < 4.78 is 2.94. The molecule has 6 rings (SSSR count). The lowest BCUT2D eigenvalue weighted by molar-refractivity contribution is -0.138. The zero-order valence-corrected chi connectivity index (χ0v) is 24.1. The van der Waals surface area contributed by atoms with Crippen molar-refractivity contribution in [2.75, 3.05) is 11.9 Å². The second kappa shape index (κ2) is 11.8. The van der Waals surface area contributed by atoms with Crippen LogP contribution in [0.4, 0.5) is 5.69 Å². The number of benzene rings is 1. The molecule has 13 heteroatoms. The van der Waals surface area contributed by atoms with E-state index in [4.69, 9.17) is 11.6 Å². The number of carbonyl (C=O) groups excluding carboxylic acids is 2. The molecule has 12 nitrogen and oxygen atoms in total. The maximum absolute atomic E-state index is 13.8. The van der Waals surface area contributed by atoms with Gasteiger partial charge >= 0.3 is 5.97 Å². The average molecular weight is 601 g/mol. The summed E-state index contributed by atoms with van der Waals surface area (Å²) in [7, 11) is 0. The van der Waals surface area contributed by atoms with Crippen LogP contribution < -0.4 is 5.32 Å². The summed E-state index contributed by atoms with van der Waals surface area (Å²) in [6.07, 6.45) is 10.7. The Morgan fingerprint density at radius 3 is 2.79 bits per heavy atom. The number of hydrogen-bond acceptors (Lipinski definition) is 7. The number of carboxylic acids is 1. The Hall–Kier alpha value is -4.84. The number of fused-ring (bicyclic) bond motifs is 4. The monoisotopic (exact) mass is 600 g/mol. The van der Waals surface area contributed by atoms with E-state index >= 15 is 0 Å². The van der Waals surface area contributed by atoms with Crippen molar-refractivity contribution in [1.29, 1.82) is 0 Å². The van der Waals surface area contributed by atoms with Crippen molar-refractivity contribution >= 4 is 40.6 Å². The van der Waals surface area contributed by atoms with Crippen molar-refractivity contribution in [3.63, 3.8) is 0 Å². The molecule has 3 aromatic heterocycles. The van der Waals surface area contributed by atoms with Crippen LogP contribution in [0.1, 0.15) is 49.9 Å². The summed E-state index contributed by atoms with van der Waals surface area (Å²) in [5, 5.41) is 25.3. The third-order valence-corrected chi connectivity index (χ3v) is 8.06. The number of carbonyl (C=O) groups is 3. The molecular weight excluding hydrogens is 572 g/mol. The van der Waals surface area contributed by atoms with Crippen LogP contribution in [-0.2, 0) is 20.9 Å². The van der Waals surface area contributed by atoms with Crippen LogP contribution in [0.5, 0.6) is 0 Å². The van der Waals surface area contributed by atoms with Gasteiger partial charge in [-0.2, -0.15) is 5.10 Å². The predicted molar refractivity (Wildman–Crippen MR) is 158 cm³/mol. The summed E-state index contributed by atoms with van der Waals surface area (Å²) in [5.74, 6) is -1.67. The molecule has 5 heterocycles. The first kappa shape index (κ1) is 28.3. The Morgan fingerprint density at radius 2 is 2.02 bits per heavy atom. The van der Waals surface area contributed by atoms with Gasteiger partial charge in [0, 0.05) is 47.1 Å². The lowest BCUT2D eigenvalue weighted by Crippen LogP contribution is -2.38. The first-order valence-corrected chi connectivity index (χ1v) is 14.4. The molecule has 1 aromatic carbocycles. The fourth-order valence-electron chi connectivity index (χ4n) is 5.67. The lowest BCUT2D eigenvalue weighted by atomic mass is 9.93. The lowest BCUT2D eigenvalue weighted by Gasteiger charge is -2.34. The fraction of sp³-hybridized carbons (Fsp3) is 0.300. The van der Waals surface area contributed by atoms with Gasteiger partial charge in [-0.1, -0.05) is 30.2 Å². The molecule has 0 saturated carbocycles. The Bertz CT molecular complexity index is 1730. The molecule has 0 saturated heterocycles. The Balaban J connectivity index is 1.36. The van der Waals surface area contributed by atoms with Crippen LogP contribution in [0, 0.1) is 5.92 Å². The Morgan fingerprint density at radius 1 is 1.16 bits per heavy atom. The largest absolute Gasteiger partial charge is 0.480 e. The van der Waals surface area contributed by atoms with Crippen LogP contribution in [0.2, 0.25) is 5.02 Å². The van der Waals surface area contributed by atoms with Crippen molar-refractivity contribution in [2.24, 2.45) is 5.92 Å². The number of rotatable bonds is 5. The normalized spacial score (nSPS) is 19.1. The van der Waals surface area contributed by atoms with Crippen molar-refractivity contribution in [1.82, 2.24) is 34.7 Å². The van der Waals surface area contributed by atoms with E-state index in [1.165, 1.54) is 10.9 Å². The van der Waals surface area contributed by atoms with Gasteiger partial charge < -0.3 is 15.3 Å². The van der Waals surface area contributed by atoms with Crippen molar-refractivity contribution in [3.8, 4) is 16.9 Å². The molecule has 0 radical (unpaired) electrons. The van der Waals surface area contributed by atoms with E-state index in [9.17, 15) is 19.5 Å². The summed E-state index contributed by atoms with van der Waals surface area (Å²) in [5.41, 5.74) is 4.68. The van der Waals surface area contributed by atoms with Gasteiger partial charge in [0.05, 0.1) is 35.5 Å². The van der Waals surface area contributed by atoms with E-state index in [1.807, 2.05) is 30.0 Å². The summed E-state index contributed by atoms with van der Waals surface area (Å²) in [6, 6.07) is 8.77. The van der Waals surface area contributed by atoms with Gasteiger partial charge in [0.2, 0.25) is 11.8 Å².